The summed E-state index contributed by atoms with van der Waals surface area (Å²) in [5, 5.41) is 9.10. The second-order valence-electron chi connectivity index (χ2n) is 8.39. The standard InChI is InChI=1S/C26H27N3O2S/c1-15-5-7-20(8-6-15)22-13-23(22)26(31)29-28-17(3)19-9-11-21(12-10-19)27-25(30)24-14-32-18(4)16(24)2/h5-12,14,22-23H,13H2,1-4H3,(H,27,30)(H,29,31)/b28-17-/t22-,23+/m1/s1. The van der Waals surface area contributed by atoms with Gasteiger partial charge in [0.1, 0.15) is 0 Å². The summed E-state index contributed by atoms with van der Waals surface area (Å²) in [6.45, 7) is 7.89. The van der Waals surface area contributed by atoms with Crippen molar-refractivity contribution in [1.29, 1.82) is 0 Å². The summed E-state index contributed by atoms with van der Waals surface area (Å²) in [5.74, 6) is 0.116. The monoisotopic (exact) mass is 445 g/mol. The molecule has 0 aliphatic heterocycles. The zero-order valence-electron chi connectivity index (χ0n) is 18.7. The third-order valence-corrected chi connectivity index (χ3v) is 7.07. The summed E-state index contributed by atoms with van der Waals surface area (Å²) in [6, 6.07) is 15.8. The number of hydrogen-bond donors (Lipinski definition) is 2. The van der Waals surface area contributed by atoms with Crippen LogP contribution in [0.2, 0.25) is 0 Å². The molecule has 5 nitrogen and oxygen atoms in total. The van der Waals surface area contributed by atoms with Gasteiger partial charge in [-0.3, -0.25) is 9.59 Å². The van der Waals surface area contributed by atoms with Gasteiger partial charge in [0.25, 0.3) is 5.91 Å². The molecule has 6 heteroatoms. The lowest BCUT2D eigenvalue weighted by Crippen LogP contribution is -2.21. The van der Waals surface area contributed by atoms with E-state index in [1.807, 2.05) is 50.4 Å². The Hall–Kier alpha value is -3.25. The fourth-order valence-corrected chi connectivity index (χ4v) is 4.55. The number of amides is 2. The maximum absolute atomic E-state index is 12.5. The average molecular weight is 446 g/mol. The molecule has 2 N–H and O–H groups in total. The average Bonchev–Trinajstić information content (AvgIpc) is 3.52. The van der Waals surface area contributed by atoms with Crippen LogP contribution in [0.4, 0.5) is 5.69 Å². The van der Waals surface area contributed by atoms with Crippen molar-refractivity contribution < 1.29 is 9.59 Å². The number of benzene rings is 2. The molecule has 1 heterocycles. The molecule has 0 unspecified atom stereocenters. The van der Waals surface area contributed by atoms with Crippen molar-refractivity contribution in [1.82, 2.24) is 5.43 Å². The van der Waals surface area contributed by atoms with Gasteiger partial charge in [0, 0.05) is 21.9 Å². The van der Waals surface area contributed by atoms with Crippen molar-refractivity contribution in [3.05, 3.63) is 86.6 Å². The lowest BCUT2D eigenvalue weighted by molar-refractivity contribution is -0.122. The van der Waals surface area contributed by atoms with E-state index in [4.69, 9.17) is 0 Å². The molecule has 2 aromatic carbocycles. The summed E-state index contributed by atoms with van der Waals surface area (Å²) in [5.41, 5.74) is 9.19. The molecule has 0 radical (unpaired) electrons. The van der Waals surface area contributed by atoms with Crippen LogP contribution in [0.5, 0.6) is 0 Å². The number of nitrogens with zero attached hydrogens (tertiary/aromatic N) is 1. The van der Waals surface area contributed by atoms with Crippen molar-refractivity contribution in [2.24, 2.45) is 11.0 Å². The lowest BCUT2D eigenvalue weighted by Gasteiger charge is -2.07. The molecule has 1 fully saturated rings. The van der Waals surface area contributed by atoms with Gasteiger partial charge in [-0.1, -0.05) is 42.0 Å². The van der Waals surface area contributed by atoms with Crippen LogP contribution in [-0.4, -0.2) is 17.5 Å². The number of rotatable bonds is 6. The first kappa shape index (κ1) is 22.0. The zero-order valence-corrected chi connectivity index (χ0v) is 19.5. The fraction of sp³-hybridized carbons (Fsp3) is 0.269. The third-order valence-electron chi connectivity index (χ3n) is 6.06. The van der Waals surface area contributed by atoms with Crippen LogP contribution in [0.25, 0.3) is 0 Å². The Morgan fingerprint density at radius 3 is 2.31 bits per heavy atom. The van der Waals surface area contributed by atoms with Gasteiger partial charge in [0.15, 0.2) is 0 Å². The molecule has 1 aliphatic rings. The number of hydrogen-bond acceptors (Lipinski definition) is 4. The number of hydrazone groups is 1. The molecule has 2 amide bonds. The minimum Gasteiger partial charge on any atom is -0.322 e. The van der Waals surface area contributed by atoms with E-state index in [0.717, 1.165) is 28.1 Å². The van der Waals surface area contributed by atoms with Crippen molar-refractivity contribution in [2.45, 2.75) is 40.0 Å². The van der Waals surface area contributed by atoms with E-state index in [2.05, 4.69) is 47.0 Å². The Kier molecular flexibility index (Phi) is 6.24. The number of aryl methyl sites for hydroxylation is 2. The highest BCUT2D eigenvalue weighted by atomic mass is 32.1. The van der Waals surface area contributed by atoms with Gasteiger partial charge in [-0.2, -0.15) is 5.10 Å². The number of carbonyl (C=O) groups is 2. The van der Waals surface area contributed by atoms with Gasteiger partial charge in [-0.25, -0.2) is 5.43 Å². The zero-order chi connectivity index (χ0) is 22.8. The van der Waals surface area contributed by atoms with Crippen molar-refractivity contribution in [2.75, 3.05) is 5.32 Å². The topological polar surface area (TPSA) is 70.6 Å². The first-order valence-corrected chi connectivity index (χ1v) is 11.6. The molecule has 32 heavy (non-hydrogen) atoms. The fourth-order valence-electron chi connectivity index (χ4n) is 3.68. The lowest BCUT2D eigenvalue weighted by atomic mass is 10.1. The van der Waals surface area contributed by atoms with E-state index in [-0.39, 0.29) is 23.7 Å². The number of thiophene rings is 1. The minimum atomic E-state index is -0.107. The molecule has 164 valence electrons. The molecule has 0 bridgehead atoms. The Labute approximate surface area is 192 Å². The minimum absolute atomic E-state index is 0.0176. The number of nitrogens with one attached hydrogen (secondary N) is 2. The summed E-state index contributed by atoms with van der Waals surface area (Å²) in [7, 11) is 0. The summed E-state index contributed by atoms with van der Waals surface area (Å²) < 4.78 is 0. The van der Waals surface area contributed by atoms with E-state index in [1.165, 1.54) is 11.1 Å². The Morgan fingerprint density at radius 1 is 1.00 bits per heavy atom. The number of anilines is 1. The Morgan fingerprint density at radius 2 is 1.69 bits per heavy atom. The second kappa shape index (κ2) is 9.09. The molecule has 1 saturated carbocycles. The summed E-state index contributed by atoms with van der Waals surface area (Å²) in [4.78, 5) is 26.1. The van der Waals surface area contributed by atoms with Crippen LogP contribution in [0.15, 0.2) is 59.0 Å². The predicted molar refractivity (Wildman–Crippen MR) is 131 cm³/mol. The van der Waals surface area contributed by atoms with E-state index in [9.17, 15) is 9.59 Å². The van der Waals surface area contributed by atoms with E-state index < -0.39 is 0 Å². The summed E-state index contributed by atoms with van der Waals surface area (Å²) in [6.07, 6.45) is 0.862. The molecule has 2 atom stereocenters. The van der Waals surface area contributed by atoms with Gasteiger partial charge >= 0.3 is 0 Å². The van der Waals surface area contributed by atoms with Gasteiger partial charge in [-0.15, -0.1) is 11.3 Å². The molecule has 3 aromatic rings. The largest absolute Gasteiger partial charge is 0.322 e. The molecule has 0 spiro atoms. The van der Waals surface area contributed by atoms with Crippen LogP contribution in [0.1, 0.15) is 56.8 Å². The third kappa shape index (κ3) is 4.81. The van der Waals surface area contributed by atoms with Crippen LogP contribution in [0.3, 0.4) is 0 Å². The van der Waals surface area contributed by atoms with Crippen molar-refractivity contribution >= 4 is 34.6 Å². The first-order chi connectivity index (χ1) is 15.3. The smallest absolute Gasteiger partial charge is 0.256 e. The van der Waals surface area contributed by atoms with Crippen LogP contribution >= 0.6 is 11.3 Å². The van der Waals surface area contributed by atoms with Gasteiger partial charge < -0.3 is 5.32 Å². The first-order valence-electron chi connectivity index (χ1n) is 10.7. The molecular formula is C26H27N3O2S. The quantitative estimate of drug-likeness (QED) is 0.385. The molecular weight excluding hydrogens is 418 g/mol. The maximum Gasteiger partial charge on any atom is 0.256 e. The van der Waals surface area contributed by atoms with E-state index in [0.29, 0.717) is 11.3 Å². The molecule has 1 aliphatic carbocycles. The second-order valence-corrected chi connectivity index (χ2v) is 9.48. The Bertz CT molecular complexity index is 1180. The van der Waals surface area contributed by atoms with Crippen LogP contribution in [0, 0.1) is 26.7 Å². The van der Waals surface area contributed by atoms with Gasteiger partial charge in [0.05, 0.1) is 11.3 Å². The predicted octanol–water partition coefficient (Wildman–Crippen LogP) is 5.57. The van der Waals surface area contributed by atoms with Crippen LogP contribution in [-0.2, 0) is 4.79 Å². The molecule has 1 aromatic heterocycles. The maximum atomic E-state index is 12.5. The van der Waals surface area contributed by atoms with Crippen molar-refractivity contribution in [3.8, 4) is 0 Å². The van der Waals surface area contributed by atoms with Crippen LogP contribution < -0.4 is 10.7 Å². The SMILES string of the molecule is C/C(=N/NC(=O)[C@H]1C[C@@H]1c1ccc(C)cc1)c1ccc(NC(=O)c2csc(C)c2C)cc1. The Balaban J connectivity index is 1.33. The highest BCUT2D eigenvalue weighted by Crippen LogP contribution is 2.47. The van der Waals surface area contributed by atoms with Gasteiger partial charge in [-0.05, 0) is 68.9 Å². The molecule has 4 rings (SSSR count). The van der Waals surface area contributed by atoms with E-state index >= 15 is 0 Å². The highest BCUT2D eigenvalue weighted by Gasteiger charge is 2.43. The highest BCUT2D eigenvalue weighted by molar-refractivity contribution is 7.10. The van der Waals surface area contributed by atoms with Gasteiger partial charge in [0.2, 0.25) is 5.91 Å². The summed E-state index contributed by atoms with van der Waals surface area (Å²) >= 11 is 1.58. The molecule has 0 saturated heterocycles. The van der Waals surface area contributed by atoms with E-state index in [1.54, 1.807) is 11.3 Å². The van der Waals surface area contributed by atoms with Crippen molar-refractivity contribution in [3.63, 3.8) is 0 Å². The normalized spacial score (nSPS) is 17.7. The number of carbonyl (C=O) groups excluding carboxylic acids is 2.